The molecule has 2 atom stereocenters. The van der Waals surface area contributed by atoms with Crippen molar-refractivity contribution in [2.45, 2.75) is 43.4 Å². The van der Waals surface area contributed by atoms with Crippen LogP contribution in [0.2, 0.25) is 0 Å². The van der Waals surface area contributed by atoms with E-state index in [1.165, 1.54) is 7.11 Å². The molecule has 74 valence electrons. The summed E-state index contributed by atoms with van der Waals surface area (Å²) in [6.07, 6.45) is 3.61. The van der Waals surface area contributed by atoms with Crippen molar-refractivity contribution in [2.75, 3.05) is 7.11 Å². The lowest BCUT2D eigenvalue weighted by molar-refractivity contribution is -0.154. The second-order valence-electron chi connectivity index (χ2n) is 4.01. The first-order chi connectivity index (χ1) is 6.14. The van der Waals surface area contributed by atoms with Crippen LogP contribution in [0.1, 0.15) is 25.7 Å². The molecule has 2 heterocycles. The summed E-state index contributed by atoms with van der Waals surface area (Å²) in [7, 11) is 1.38. The van der Waals surface area contributed by atoms with Crippen LogP contribution < -0.4 is 5.73 Å². The fourth-order valence-electron chi connectivity index (χ4n) is 2.35. The number of rotatable bonds is 1. The predicted molar refractivity (Wildman–Crippen MR) is 46.1 cm³/mol. The van der Waals surface area contributed by atoms with Crippen molar-refractivity contribution >= 4 is 5.97 Å². The third-order valence-electron chi connectivity index (χ3n) is 2.97. The molecule has 0 aromatic heterocycles. The van der Waals surface area contributed by atoms with Gasteiger partial charge in [0.2, 0.25) is 0 Å². The van der Waals surface area contributed by atoms with E-state index in [4.69, 9.17) is 15.2 Å². The number of methoxy groups -OCH3 is 1. The molecule has 4 heteroatoms. The number of carbonyl (C=O) groups excluding carboxylic acids is 1. The zero-order valence-corrected chi connectivity index (χ0v) is 7.79. The molecule has 0 radical (unpaired) electrons. The summed E-state index contributed by atoms with van der Waals surface area (Å²) in [5, 5.41) is 0. The van der Waals surface area contributed by atoms with Crippen molar-refractivity contribution in [3.05, 3.63) is 0 Å². The van der Waals surface area contributed by atoms with Gasteiger partial charge in [0.15, 0.2) is 0 Å². The van der Waals surface area contributed by atoms with Gasteiger partial charge in [-0.25, -0.2) is 0 Å². The van der Waals surface area contributed by atoms with Crippen LogP contribution in [-0.2, 0) is 14.3 Å². The Morgan fingerprint density at radius 3 is 2.46 bits per heavy atom. The molecule has 0 aliphatic carbocycles. The minimum Gasteiger partial charge on any atom is -0.468 e. The lowest BCUT2D eigenvalue weighted by Crippen LogP contribution is -2.55. The van der Waals surface area contributed by atoms with Crippen LogP contribution in [0.15, 0.2) is 0 Å². The maximum absolute atomic E-state index is 11.4. The maximum Gasteiger partial charge on any atom is 0.326 e. The van der Waals surface area contributed by atoms with Crippen molar-refractivity contribution in [1.82, 2.24) is 0 Å². The molecule has 2 saturated heterocycles. The molecule has 2 fully saturated rings. The SMILES string of the molecule is COC(=O)C1(N)CC2CCC(C1)O2. The topological polar surface area (TPSA) is 61.5 Å². The van der Waals surface area contributed by atoms with Gasteiger partial charge in [-0.2, -0.15) is 0 Å². The van der Waals surface area contributed by atoms with E-state index in [0.717, 1.165) is 12.8 Å². The van der Waals surface area contributed by atoms with Crippen molar-refractivity contribution in [1.29, 1.82) is 0 Å². The fraction of sp³-hybridized carbons (Fsp3) is 0.889. The second-order valence-corrected chi connectivity index (χ2v) is 4.01. The molecule has 2 aliphatic rings. The fourth-order valence-corrected chi connectivity index (χ4v) is 2.35. The first-order valence-corrected chi connectivity index (χ1v) is 4.67. The number of fused-ring (bicyclic) bond motifs is 2. The molecule has 2 N–H and O–H groups in total. The molecular formula is C9H15NO3. The Labute approximate surface area is 77.4 Å². The molecule has 0 saturated carbocycles. The Kier molecular flexibility index (Phi) is 2.04. The van der Waals surface area contributed by atoms with Gasteiger partial charge in [-0.1, -0.05) is 0 Å². The molecule has 2 bridgehead atoms. The molecule has 0 aromatic rings. The highest BCUT2D eigenvalue weighted by Gasteiger charge is 2.47. The minimum absolute atomic E-state index is 0.169. The summed E-state index contributed by atoms with van der Waals surface area (Å²) in [4.78, 5) is 11.4. The molecule has 2 rings (SSSR count). The average molecular weight is 185 g/mol. The Morgan fingerprint density at radius 2 is 2.00 bits per heavy atom. The van der Waals surface area contributed by atoms with Gasteiger partial charge >= 0.3 is 5.97 Å². The van der Waals surface area contributed by atoms with Crippen LogP contribution in [-0.4, -0.2) is 30.8 Å². The van der Waals surface area contributed by atoms with Gasteiger partial charge in [0.05, 0.1) is 19.3 Å². The van der Waals surface area contributed by atoms with Crippen molar-refractivity contribution in [2.24, 2.45) is 5.73 Å². The number of esters is 1. The van der Waals surface area contributed by atoms with E-state index in [9.17, 15) is 4.79 Å². The molecule has 0 aromatic carbocycles. The highest BCUT2D eigenvalue weighted by molar-refractivity contribution is 5.80. The van der Waals surface area contributed by atoms with E-state index < -0.39 is 5.54 Å². The Bertz CT molecular complexity index is 217. The van der Waals surface area contributed by atoms with Crippen LogP contribution >= 0.6 is 0 Å². The van der Waals surface area contributed by atoms with Crippen LogP contribution in [0.5, 0.6) is 0 Å². The zero-order chi connectivity index (χ0) is 9.47. The smallest absolute Gasteiger partial charge is 0.326 e. The van der Waals surface area contributed by atoms with Crippen LogP contribution in [0.25, 0.3) is 0 Å². The lowest BCUT2D eigenvalue weighted by Gasteiger charge is -2.34. The zero-order valence-electron chi connectivity index (χ0n) is 7.79. The van der Waals surface area contributed by atoms with Gasteiger partial charge in [0, 0.05) is 12.8 Å². The summed E-state index contributed by atoms with van der Waals surface area (Å²) in [5.41, 5.74) is 5.19. The molecule has 2 unspecified atom stereocenters. The standard InChI is InChI=1S/C9H15NO3/c1-12-8(11)9(10)4-6-2-3-7(5-9)13-6/h6-7H,2-5,10H2,1H3. The first kappa shape index (κ1) is 8.97. The summed E-state index contributed by atoms with van der Waals surface area (Å²) in [6, 6.07) is 0. The monoisotopic (exact) mass is 185 g/mol. The lowest BCUT2D eigenvalue weighted by atomic mass is 9.88. The van der Waals surface area contributed by atoms with E-state index in [2.05, 4.69) is 0 Å². The van der Waals surface area contributed by atoms with Gasteiger partial charge in [-0.15, -0.1) is 0 Å². The van der Waals surface area contributed by atoms with Gasteiger partial charge in [-0.3, -0.25) is 4.79 Å². The normalized spacial score (nSPS) is 43.2. The third-order valence-corrected chi connectivity index (χ3v) is 2.97. The van der Waals surface area contributed by atoms with E-state index in [-0.39, 0.29) is 18.2 Å². The molecular weight excluding hydrogens is 170 g/mol. The Balaban J connectivity index is 2.12. The summed E-state index contributed by atoms with van der Waals surface area (Å²) < 4.78 is 10.3. The van der Waals surface area contributed by atoms with Crippen molar-refractivity contribution in [3.63, 3.8) is 0 Å². The highest BCUT2D eigenvalue weighted by Crippen LogP contribution is 2.37. The average Bonchev–Trinajstić information content (AvgIpc) is 2.44. The summed E-state index contributed by atoms with van der Waals surface area (Å²) in [5.74, 6) is -0.298. The van der Waals surface area contributed by atoms with Crippen molar-refractivity contribution < 1.29 is 14.3 Å². The van der Waals surface area contributed by atoms with Crippen molar-refractivity contribution in [3.8, 4) is 0 Å². The number of ether oxygens (including phenoxy) is 2. The highest BCUT2D eigenvalue weighted by atomic mass is 16.5. The van der Waals surface area contributed by atoms with E-state index >= 15 is 0 Å². The second kappa shape index (κ2) is 2.96. The predicted octanol–water partition coefficient (Wildman–Crippen LogP) is 0.198. The number of nitrogens with two attached hydrogens (primary N) is 1. The Hall–Kier alpha value is -0.610. The van der Waals surface area contributed by atoms with Crippen LogP contribution in [0, 0.1) is 0 Å². The van der Waals surface area contributed by atoms with Gasteiger partial charge in [-0.05, 0) is 12.8 Å². The maximum atomic E-state index is 11.4. The summed E-state index contributed by atoms with van der Waals surface area (Å²) in [6.45, 7) is 0. The van der Waals surface area contributed by atoms with Gasteiger partial charge < -0.3 is 15.2 Å². The van der Waals surface area contributed by atoms with E-state index in [0.29, 0.717) is 12.8 Å². The quantitative estimate of drug-likeness (QED) is 0.593. The van der Waals surface area contributed by atoms with Crippen LogP contribution in [0.3, 0.4) is 0 Å². The third kappa shape index (κ3) is 1.44. The van der Waals surface area contributed by atoms with E-state index in [1.807, 2.05) is 0 Å². The van der Waals surface area contributed by atoms with Gasteiger partial charge in [0.25, 0.3) is 0 Å². The Morgan fingerprint density at radius 1 is 1.46 bits per heavy atom. The molecule has 13 heavy (non-hydrogen) atoms. The molecule has 2 aliphatic heterocycles. The van der Waals surface area contributed by atoms with Crippen LogP contribution in [0.4, 0.5) is 0 Å². The molecule has 0 amide bonds. The van der Waals surface area contributed by atoms with E-state index in [1.54, 1.807) is 0 Å². The molecule has 0 spiro atoms. The minimum atomic E-state index is -0.793. The summed E-state index contributed by atoms with van der Waals surface area (Å²) >= 11 is 0. The number of hydrogen-bond donors (Lipinski definition) is 1. The largest absolute Gasteiger partial charge is 0.468 e. The molecule has 4 nitrogen and oxygen atoms in total. The van der Waals surface area contributed by atoms with Gasteiger partial charge in [0.1, 0.15) is 5.54 Å². The number of hydrogen-bond acceptors (Lipinski definition) is 4. The number of carbonyl (C=O) groups is 1. The first-order valence-electron chi connectivity index (χ1n) is 4.67.